The molecule has 5 heteroatoms. The maximum absolute atomic E-state index is 10.8. The predicted octanol–water partition coefficient (Wildman–Crippen LogP) is -0.881. The van der Waals surface area contributed by atoms with Gasteiger partial charge in [0.15, 0.2) is 0 Å². The van der Waals surface area contributed by atoms with Crippen LogP contribution in [-0.4, -0.2) is 37.9 Å². The largest absolute Gasteiger partial charge is 0.355 e. The van der Waals surface area contributed by atoms with E-state index in [0.717, 1.165) is 0 Å². The normalized spacial score (nSPS) is 22.0. The first-order chi connectivity index (χ1) is 4.70. The average Bonchev–Trinajstić information content (AvgIpc) is 2.64. The smallest absolute Gasteiger partial charge is 0.331 e. The van der Waals surface area contributed by atoms with E-state index in [2.05, 4.69) is 10.9 Å². The predicted molar refractivity (Wildman–Crippen MR) is 35.1 cm³/mol. The van der Waals surface area contributed by atoms with Gasteiger partial charge in [0.1, 0.15) is 6.23 Å². The van der Waals surface area contributed by atoms with Gasteiger partial charge < -0.3 is 9.64 Å². The highest BCUT2D eigenvalue weighted by Gasteiger charge is 2.22. The quantitative estimate of drug-likeness (QED) is 0.392. The number of carbonyl (C=O) groups is 1. The number of amides is 2. The first-order valence-electron chi connectivity index (χ1n) is 3.04. The third-order valence-corrected chi connectivity index (χ3v) is 1.08. The maximum Gasteiger partial charge on any atom is 0.331 e. The number of nitrogens with zero attached hydrogens (tertiary/aromatic N) is 1. The molecule has 0 saturated carbocycles. The van der Waals surface area contributed by atoms with Crippen molar-refractivity contribution in [2.24, 2.45) is 0 Å². The van der Waals surface area contributed by atoms with E-state index in [4.69, 9.17) is 4.74 Å². The molecule has 2 amide bonds. The Morgan fingerprint density at radius 2 is 2.30 bits per heavy atom. The molecule has 0 aliphatic carbocycles. The third-order valence-electron chi connectivity index (χ3n) is 1.08. The van der Waals surface area contributed by atoms with Gasteiger partial charge in [0.05, 0.1) is 6.61 Å². The summed E-state index contributed by atoms with van der Waals surface area (Å²) in [6.07, 6.45) is 0.0175. The molecule has 0 bridgehead atoms. The molecular formula is C5H11N3O2. The summed E-state index contributed by atoms with van der Waals surface area (Å²) in [5, 5.41) is 0. The van der Waals surface area contributed by atoms with Gasteiger partial charge in [-0.3, -0.25) is 5.43 Å². The van der Waals surface area contributed by atoms with E-state index < -0.39 is 0 Å². The molecule has 1 heterocycles. The highest BCUT2D eigenvalue weighted by Crippen LogP contribution is 2.01. The van der Waals surface area contributed by atoms with Crippen LogP contribution in [0.15, 0.2) is 0 Å². The zero-order valence-electron chi connectivity index (χ0n) is 6.05. The summed E-state index contributed by atoms with van der Waals surface area (Å²) in [6, 6.07) is -0.171. The SMILES string of the molecule is CN(C)C(=O)NNC1CO1. The van der Waals surface area contributed by atoms with Gasteiger partial charge in [-0.1, -0.05) is 0 Å². The van der Waals surface area contributed by atoms with E-state index in [0.29, 0.717) is 6.61 Å². The topological polar surface area (TPSA) is 56.9 Å². The second-order valence-corrected chi connectivity index (χ2v) is 2.29. The fraction of sp³-hybridized carbons (Fsp3) is 0.800. The summed E-state index contributed by atoms with van der Waals surface area (Å²) in [4.78, 5) is 12.2. The molecule has 0 aromatic heterocycles. The molecular weight excluding hydrogens is 134 g/mol. The van der Waals surface area contributed by atoms with Crippen molar-refractivity contribution in [3.05, 3.63) is 0 Å². The van der Waals surface area contributed by atoms with Gasteiger partial charge in [-0.25, -0.2) is 10.2 Å². The number of hydrogen-bond acceptors (Lipinski definition) is 3. The number of hydrazine groups is 1. The molecule has 1 fully saturated rings. The fourth-order valence-electron chi connectivity index (χ4n) is 0.385. The monoisotopic (exact) mass is 145 g/mol. The number of hydrogen-bond donors (Lipinski definition) is 2. The molecule has 1 saturated heterocycles. The maximum atomic E-state index is 10.8. The molecule has 1 aliphatic heterocycles. The minimum Gasteiger partial charge on any atom is -0.355 e. The molecule has 1 rings (SSSR count). The Bertz CT molecular complexity index is 133. The molecule has 0 aromatic carbocycles. The number of epoxide rings is 1. The Morgan fingerprint density at radius 3 is 2.70 bits per heavy atom. The van der Waals surface area contributed by atoms with Gasteiger partial charge in [0.2, 0.25) is 0 Å². The van der Waals surface area contributed by atoms with Crippen molar-refractivity contribution in [1.29, 1.82) is 0 Å². The van der Waals surface area contributed by atoms with Crippen LogP contribution in [-0.2, 0) is 4.74 Å². The molecule has 1 atom stereocenters. The van der Waals surface area contributed by atoms with Crippen LogP contribution in [0.1, 0.15) is 0 Å². The van der Waals surface area contributed by atoms with Gasteiger partial charge in [-0.2, -0.15) is 0 Å². The van der Waals surface area contributed by atoms with Crippen LogP contribution in [0.4, 0.5) is 4.79 Å². The molecule has 1 aliphatic rings. The van der Waals surface area contributed by atoms with Crippen LogP contribution in [0, 0.1) is 0 Å². The Balaban J connectivity index is 2.05. The lowest BCUT2D eigenvalue weighted by atomic mass is 10.8. The first kappa shape index (κ1) is 7.30. The second kappa shape index (κ2) is 2.85. The van der Waals surface area contributed by atoms with Crippen molar-refractivity contribution >= 4 is 6.03 Å². The van der Waals surface area contributed by atoms with Gasteiger partial charge in [-0.15, -0.1) is 0 Å². The van der Waals surface area contributed by atoms with Gasteiger partial charge in [0, 0.05) is 14.1 Å². The van der Waals surface area contributed by atoms with Crippen molar-refractivity contribution in [2.75, 3.05) is 20.7 Å². The Morgan fingerprint density at radius 1 is 1.70 bits per heavy atom. The minimum atomic E-state index is -0.171. The van der Waals surface area contributed by atoms with Crippen LogP contribution in [0.25, 0.3) is 0 Å². The molecule has 58 valence electrons. The summed E-state index contributed by atoms with van der Waals surface area (Å²) in [5.74, 6) is 0. The molecule has 0 spiro atoms. The fourth-order valence-corrected chi connectivity index (χ4v) is 0.385. The number of carbonyl (C=O) groups excluding carboxylic acids is 1. The first-order valence-corrected chi connectivity index (χ1v) is 3.04. The summed E-state index contributed by atoms with van der Waals surface area (Å²) < 4.78 is 4.79. The molecule has 0 radical (unpaired) electrons. The van der Waals surface area contributed by atoms with E-state index in [1.54, 1.807) is 14.1 Å². The highest BCUT2D eigenvalue weighted by atomic mass is 16.6. The summed E-state index contributed by atoms with van der Waals surface area (Å²) in [7, 11) is 3.34. The number of urea groups is 1. The average molecular weight is 145 g/mol. The molecule has 2 N–H and O–H groups in total. The zero-order valence-corrected chi connectivity index (χ0v) is 6.05. The van der Waals surface area contributed by atoms with Crippen LogP contribution < -0.4 is 10.9 Å². The summed E-state index contributed by atoms with van der Waals surface area (Å²) in [5.41, 5.74) is 5.13. The van der Waals surface area contributed by atoms with Crippen LogP contribution in [0.2, 0.25) is 0 Å². The number of nitrogens with one attached hydrogen (secondary N) is 2. The van der Waals surface area contributed by atoms with E-state index in [9.17, 15) is 4.79 Å². The number of ether oxygens (including phenoxy) is 1. The van der Waals surface area contributed by atoms with Gasteiger partial charge in [0.25, 0.3) is 0 Å². The molecule has 5 nitrogen and oxygen atoms in total. The second-order valence-electron chi connectivity index (χ2n) is 2.29. The lowest BCUT2D eigenvalue weighted by molar-refractivity contribution is 0.208. The van der Waals surface area contributed by atoms with Crippen LogP contribution >= 0.6 is 0 Å². The Hall–Kier alpha value is -0.810. The Labute approximate surface area is 59.3 Å². The summed E-state index contributed by atoms with van der Waals surface area (Å²) in [6.45, 7) is 0.674. The lowest BCUT2D eigenvalue weighted by Crippen LogP contribution is -2.44. The van der Waals surface area contributed by atoms with E-state index in [1.165, 1.54) is 4.90 Å². The van der Waals surface area contributed by atoms with Crippen LogP contribution in [0.5, 0.6) is 0 Å². The van der Waals surface area contributed by atoms with Crippen molar-refractivity contribution in [3.63, 3.8) is 0 Å². The highest BCUT2D eigenvalue weighted by molar-refractivity contribution is 5.72. The van der Waals surface area contributed by atoms with Crippen molar-refractivity contribution in [2.45, 2.75) is 6.23 Å². The van der Waals surface area contributed by atoms with Gasteiger partial charge in [-0.05, 0) is 0 Å². The van der Waals surface area contributed by atoms with E-state index in [1.807, 2.05) is 0 Å². The summed E-state index contributed by atoms with van der Waals surface area (Å²) >= 11 is 0. The lowest BCUT2D eigenvalue weighted by Gasteiger charge is -2.10. The van der Waals surface area contributed by atoms with Crippen molar-refractivity contribution in [1.82, 2.24) is 15.8 Å². The van der Waals surface area contributed by atoms with Crippen LogP contribution in [0.3, 0.4) is 0 Å². The third kappa shape index (κ3) is 2.20. The zero-order chi connectivity index (χ0) is 7.56. The number of rotatable bonds is 2. The van der Waals surface area contributed by atoms with E-state index >= 15 is 0 Å². The minimum absolute atomic E-state index is 0.0175. The van der Waals surface area contributed by atoms with Crippen molar-refractivity contribution < 1.29 is 9.53 Å². The van der Waals surface area contributed by atoms with E-state index in [-0.39, 0.29) is 12.3 Å². The molecule has 1 unspecified atom stereocenters. The van der Waals surface area contributed by atoms with Gasteiger partial charge >= 0.3 is 6.03 Å². The van der Waals surface area contributed by atoms with Crippen molar-refractivity contribution in [3.8, 4) is 0 Å². The molecule has 0 aromatic rings. The molecule has 10 heavy (non-hydrogen) atoms. The Kier molecular flexibility index (Phi) is 2.08. The standard InChI is InChI=1S/C5H11N3O2/c1-8(2)5(9)7-6-4-3-10-4/h4,6H,3H2,1-2H3,(H,7,9).